The summed E-state index contributed by atoms with van der Waals surface area (Å²) in [7, 11) is 1.64. The number of nitrogens with zero attached hydrogens (tertiary/aromatic N) is 20. The number of rotatable bonds is 30. The second-order valence-electron chi connectivity index (χ2n) is 36.1. The molecule has 0 radical (unpaired) electrons. The Morgan fingerprint density at radius 3 is 1.15 bits per heavy atom. The number of hydrogen-bond donors (Lipinski definition) is 10. The van der Waals surface area contributed by atoms with Crippen LogP contribution < -0.4 is 79.3 Å². The molecule has 7 aliphatic rings. The predicted octanol–water partition coefficient (Wildman–Crippen LogP) is 15.0. The molecule has 36 nitrogen and oxygen atoms in total. The summed E-state index contributed by atoms with van der Waals surface area (Å²) in [6.07, 6.45) is 12.6. The van der Waals surface area contributed by atoms with E-state index in [0.717, 1.165) is 192 Å². The van der Waals surface area contributed by atoms with Crippen molar-refractivity contribution in [3.05, 3.63) is 205 Å². The van der Waals surface area contributed by atoms with E-state index in [2.05, 4.69) is 201 Å². The Balaban J connectivity index is 0.000000118. The highest BCUT2D eigenvalue weighted by atomic mass is 35.5. The molecular formula is C99H110ClF3N30O6S5. The molecule has 4 unspecified atom stereocenters. The van der Waals surface area contributed by atoms with Gasteiger partial charge in [-0.25, -0.2) is 74.8 Å². The largest absolute Gasteiger partial charge is 0.390 e. The van der Waals surface area contributed by atoms with Crippen molar-refractivity contribution in [3.63, 3.8) is 0 Å². The summed E-state index contributed by atoms with van der Waals surface area (Å²) in [5.41, 5.74) is 38.1. The normalized spacial score (nSPS) is 16.6. The first-order valence-corrected chi connectivity index (χ1v) is 52.7. The van der Waals surface area contributed by atoms with Gasteiger partial charge in [-0.1, -0.05) is 155 Å². The lowest BCUT2D eigenvalue weighted by molar-refractivity contribution is -0.133. The van der Waals surface area contributed by atoms with E-state index < -0.39 is 25.0 Å². The first kappa shape index (κ1) is 101. The Morgan fingerprint density at radius 2 is 0.792 bits per heavy atom. The number of amides is 5. The van der Waals surface area contributed by atoms with Crippen molar-refractivity contribution < 1.29 is 41.9 Å². The fourth-order valence-corrected chi connectivity index (χ4v) is 22.9. The third-order valence-corrected chi connectivity index (χ3v) is 30.9. The monoisotopic (exact) mass is 2070 g/mol. The number of alkyl halides is 3. The molecule has 144 heavy (non-hydrogen) atoms. The Hall–Kier alpha value is -12.9. The van der Waals surface area contributed by atoms with E-state index in [1.54, 1.807) is 26.1 Å². The lowest BCUT2D eigenvalue weighted by Crippen LogP contribution is -2.35. The van der Waals surface area contributed by atoms with Crippen molar-refractivity contribution >= 4 is 207 Å². The summed E-state index contributed by atoms with van der Waals surface area (Å²) >= 11 is 12.4. The second kappa shape index (κ2) is 46.5. The molecule has 6 aliphatic heterocycles. The van der Waals surface area contributed by atoms with Crippen LogP contribution in [0.2, 0.25) is 5.02 Å². The minimum atomic E-state index is -4.33. The van der Waals surface area contributed by atoms with Crippen LogP contribution in [0, 0.1) is 11.8 Å². The van der Waals surface area contributed by atoms with E-state index in [-0.39, 0.29) is 34.6 Å². The topological polar surface area (TPSA) is 480 Å². The van der Waals surface area contributed by atoms with Crippen molar-refractivity contribution in [2.75, 3.05) is 136 Å². The summed E-state index contributed by atoms with van der Waals surface area (Å²) in [6.45, 7) is 14.6. The van der Waals surface area contributed by atoms with Crippen LogP contribution >= 0.6 is 68.3 Å². The molecule has 0 bridgehead atoms. The van der Waals surface area contributed by atoms with Crippen LogP contribution in [0.3, 0.4) is 0 Å². The fraction of sp³-hybridized carbons (Fsp3) is 0.394. The first-order chi connectivity index (χ1) is 70.1. The Labute approximate surface area is 852 Å². The number of thiazole rings is 5. The molecule has 16 heterocycles. The van der Waals surface area contributed by atoms with Crippen LogP contribution in [-0.2, 0) is 11.2 Å². The number of benzene rings is 5. The number of ether oxygens (including phenoxy) is 1. The van der Waals surface area contributed by atoms with E-state index in [0.29, 0.717) is 158 Å². The zero-order chi connectivity index (χ0) is 100. The summed E-state index contributed by atoms with van der Waals surface area (Å²) < 4.78 is 41.9. The smallest absolute Gasteiger partial charge is 0.385 e. The quantitative estimate of drug-likeness (QED) is 0.0187. The molecule has 22 rings (SSSR count). The number of halogens is 4. The van der Waals surface area contributed by atoms with Crippen molar-refractivity contribution in [1.29, 1.82) is 0 Å². The van der Waals surface area contributed by atoms with Crippen LogP contribution in [0.25, 0.3) is 51.7 Å². The van der Waals surface area contributed by atoms with Crippen molar-refractivity contribution in [3.8, 4) is 0 Å². The average Bonchev–Trinajstić information content (AvgIpc) is 1.61. The molecular weight excluding hydrogens is 1960 g/mol. The van der Waals surface area contributed by atoms with Gasteiger partial charge in [0.2, 0.25) is 0 Å². The van der Waals surface area contributed by atoms with Gasteiger partial charge >= 0.3 is 6.18 Å². The highest BCUT2D eigenvalue weighted by Crippen LogP contribution is 2.49. The molecule has 5 aromatic carbocycles. The van der Waals surface area contributed by atoms with Gasteiger partial charge in [0.25, 0.3) is 29.5 Å². The number of nitrogens with two attached hydrogens (primary N) is 4. The summed E-state index contributed by atoms with van der Waals surface area (Å²) in [5, 5.41) is 20.0. The second-order valence-corrected chi connectivity index (χ2v) is 41.4. The van der Waals surface area contributed by atoms with Gasteiger partial charge in [0.05, 0.1) is 6.42 Å². The third-order valence-electron chi connectivity index (χ3n) is 25.8. The number of aromatic nitrogens is 15. The maximum Gasteiger partial charge on any atom is 0.390 e. The van der Waals surface area contributed by atoms with E-state index in [4.69, 9.17) is 39.3 Å². The maximum atomic E-state index is 12.7. The molecule has 45 heteroatoms. The highest BCUT2D eigenvalue weighted by molar-refractivity contribution is 7.21. The van der Waals surface area contributed by atoms with Crippen molar-refractivity contribution in [1.82, 2.24) is 107 Å². The van der Waals surface area contributed by atoms with E-state index >= 15 is 0 Å². The summed E-state index contributed by atoms with van der Waals surface area (Å²) in [4.78, 5) is 143. The molecule has 4 atom stereocenters. The van der Waals surface area contributed by atoms with Crippen LogP contribution in [-0.4, -0.2) is 228 Å². The molecule has 2 fully saturated rings. The lowest BCUT2D eigenvalue weighted by Gasteiger charge is -2.22. The number of hydrogen-bond acceptors (Lipinski definition) is 36. The Morgan fingerprint density at radius 1 is 0.444 bits per heavy atom. The third kappa shape index (κ3) is 23.2. The first-order valence-electron chi connectivity index (χ1n) is 48.2. The molecule has 15 aromatic rings. The molecule has 0 spiro atoms. The van der Waals surface area contributed by atoms with Gasteiger partial charge in [-0.3, -0.25) is 24.0 Å². The minimum absolute atomic E-state index is 0.0555. The molecule has 1 saturated carbocycles. The highest BCUT2D eigenvalue weighted by Gasteiger charge is 2.39. The molecule has 10 aromatic heterocycles. The molecule has 1 saturated heterocycles. The number of nitrogens with one attached hydrogen (secondary N) is 6. The van der Waals surface area contributed by atoms with Crippen LogP contribution in [0.15, 0.2) is 147 Å². The number of carbonyl (C=O) groups is 5. The minimum Gasteiger partial charge on any atom is -0.385 e. The van der Waals surface area contributed by atoms with E-state index in [1.165, 1.54) is 85.8 Å². The predicted molar refractivity (Wildman–Crippen MR) is 560 cm³/mol. The maximum absolute atomic E-state index is 12.7. The van der Waals surface area contributed by atoms with Gasteiger partial charge in [0.1, 0.15) is 83.4 Å². The van der Waals surface area contributed by atoms with Crippen molar-refractivity contribution in [2.45, 2.75) is 127 Å². The number of para-hydroxylation sites is 4. The van der Waals surface area contributed by atoms with Crippen LogP contribution in [0.1, 0.15) is 185 Å². The zero-order valence-corrected chi connectivity index (χ0v) is 84.3. The lowest BCUT2D eigenvalue weighted by atomic mass is 9.98. The average molecular weight is 2070 g/mol. The summed E-state index contributed by atoms with van der Waals surface area (Å²) in [5.74, 6) is 4.69. The number of fused-ring (bicyclic) bond motifs is 10. The van der Waals surface area contributed by atoms with E-state index in [9.17, 15) is 37.1 Å². The van der Waals surface area contributed by atoms with E-state index in [1.807, 2.05) is 59.5 Å². The van der Waals surface area contributed by atoms with Gasteiger partial charge in [-0.15, -0.1) is 0 Å². The van der Waals surface area contributed by atoms with Gasteiger partial charge in [-0.05, 0) is 192 Å². The van der Waals surface area contributed by atoms with Crippen LogP contribution in [0.4, 0.5) is 70.7 Å². The van der Waals surface area contributed by atoms with Crippen LogP contribution in [0.5, 0.6) is 0 Å². The SMILES string of the molecule is CC(C)CCNC(=O)c1nc2c(N3CC(CCN)c4ccccc43)ncnc2s1.COCCCNC(=O)c1nc2c(N3CC(CCN)c4ccccc43)ncnc2s1.NCCC1CN(c2ncnc3sc(C(=O)NC4CC4)nc23)c2ccccc21.NCCC1CN(c2ncnc3sc(C(=O)NCCC(F)(F)F)nc23)c2ccccc21.O=C(NCC1CCNCC1)c1nc2c(N3CCc4cc(Cl)ccc43)ncnc2s1. The van der Waals surface area contributed by atoms with Gasteiger partial charge in [0, 0.05) is 136 Å². The van der Waals surface area contributed by atoms with Gasteiger partial charge in [0.15, 0.2) is 54.1 Å². The standard InChI is InChI=1S/C21H26N6OS.C20H21ClN6OS.C20H24N6O2S.C19H19F3N6OS.C19H20N6OS/c1-13(2)8-10-23-19(28)21-26-17-18(24-12-25-20(17)29-21)27-11-14(7-9-22)15-5-3-4-6-16(15)27;21-14-1-2-15-13(9-14)5-8-27(15)17-16-19(25-11-24-17)29-20(26-16)18(28)23-10-12-3-6-22-7-4-12;1-28-10-4-9-22-18(27)20-25-16-17(23-12-24-19(16)29-20)26-11-13(7-8-21)14-5-2-3-6-15(14)26;20-19(21,22)6-8-24-16(29)18-27-14-15(25-10-26-17(14)30-18)28-9-11(5-7-23)12-3-1-2-4-13(12)28;20-8-7-11-9-25(14-4-2-1-3-13(11)14)16-15-18(22-10-21-16)27-19(24-15)17(26)23-12-5-6-12/h3-6,12-14H,7-11,22H2,1-2H3,(H,23,28);1-2,9,11-12,22H,3-8,10H2,(H,23,28);2-3,5-6,12-13H,4,7-11,21H2,1H3,(H,22,27);1-4,10-11H,5-9,23H2,(H,24,29);1-4,10-12H,5-9,20H2,(H,23,26). The Kier molecular flexibility index (Phi) is 32.7. The molecule has 1 aliphatic carbocycles. The Bertz CT molecular complexity index is 7100. The van der Waals surface area contributed by atoms with Gasteiger partial charge in [-0.2, -0.15) is 13.2 Å². The number of anilines is 10. The number of carbonyl (C=O) groups excluding carboxylic acids is 5. The van der Waals surface area contributed by atoms with Crippen molar-refractivity contribution in [2.24, 2.45) is 34.8 Å². The molecule has 750 valence electrons. The number of methoxy groups -OCH3 is 1. The molecule has 14 N–H and O–H groups in total. The molecule has 5 amide bonds. The fourth-order valence-electron chi connectivity index (χ4n) is 18.7. The zero-order valence-electron chi connectivity index (χ0n) is 79.5. The summed E-state index contributed by atoms with van der Waals surface area (Å²) in [6, 6.07) is 39.2. The van der Waals surface area contributed by atoms with Gasteiger partial charge < -0.3 is 84.1 Å². The number of piperidine rings is 1.